The Kier molecular flexibility index (Phi) is 7.05. The molecule has 0 atom stereocenters. The van der Waals surface area contributed by atoms with Crippen molar-refractivity contribution in [1.29, 1.82) is 0 Å². The highest BCUT2D eigenvalue weighted by Gasteiger charge is 2.26. The topological polar surface area (TPSA) is 84.2 Å². The van der Waals surface area contributed by atoms with E-state index in [4.69, 9.17) is 5.73 Å². The zero-order valence-electron chi connectivity index (χ0n) is 13.7. The number of hydrogen-bond donors (Lipinski definition) is 3. The van der Waals surface area contributed by atoms with Gasteiger partial charge in [0.1, 0.15) is 0 Å². The fourth-order valence-corrected chi connectivity index (χ4v) is 2.22. The van der Waals surface area contributed by atoms with Crippen molar-refractivity contribution in [2.24, 2.45) is 5.73 Å². The number of nitrogens with two attached hydrogens (primary N) is 1. The van der Waals surface area contributed by atoms with Gasteiger partial charge in [-0.05, 0) is 37.5 Å². The van der Waals surface area contributed by atoms with Crippen LogP contribution in [0.3, 0.4) is 0 Å². The van der Waals surface area contributed by atoms with E-state index in [1.807, 2.05) is 20.8 Å². The fourth-order valence-electron chi connectivity index (χ4n) is 2.22. The van der Waals surface area contributed by atoms with Crippen LogP contribution in [-0.2, 0) is 0 Å². The minimum Gasteiger partial charge on any atom is -0.352 e. The normalized spacial score (nSPS) is 11.1. The maximum Gasteiger partial charge on any atom is 0.251 e. The first-order valence-corrected chi connectivity index (χ1v) is 7.92. The number of carbonyl (C=O) groups is 2. The van der Waals surface area contributed by atoms with Crippen LogP contribution in [0.2, 0.25) is 0 Å². The molecule has 1 aromatic rings. The summed E-state index contributed by atoms with van der Waals surface area (Å²) in [6, 6.07) is 6.75. The minimum absolute atomic E-state index is 0.160. The molecule has 0 heterocycles. The first kappa shape index (κ1) is 18.2. The Morgan fingerprint density at radius 3 is 2.18 bits per heavy atom. The van der Waals surface area contributed by atoms with Gasteiger partial charge in [-0.25, -0.2) is 0 Å². The lowest BCUT2D eigenvalue weighted by Crippen LogP contribution is -2.52. The van der Waals surface area contributed by atoms with Gasteiger partial charge in [0.15, 0.2) is 0 Å². The molecule has 0 spiro atoms. The van der Waals surface area contributed by atoms with Gasteiger partial charge in [0.05, 0.1) is 5.54 Å². The Balaban J connectivity index is 2.88. The van der Waals surface area contributed by atoms with Crippen molar-refractivity contribution in [3.63, 3.8) is 0 Å². The summed E-state index contributed by atoms with van der Waals surface area (Å²) in [5.41, 5.74) is 6.39. The van der Waals surface area contributed by atoms with Gasteiger partial charge in [0, 0.05) is 24.2 Å². The van der Waals surface area contributed by atoms with E-state index in [0.29, 0.717) is 24.2 Å². The van der Waals surface area contributed by atoms with Crippen LogP contribution in [0.15, 0.2) is 24.3 Å². The summed E-state index contributed by atoms with van der Waals surface area (Å²) in [4.78, 5) is 24.4. The summed E-state index contributed by atoms with van der Waals surface area (Å²) in [6.07, 6.45) is 2.41. The number of rotatable bonds is 8. The van der Waals surface area contributed by atoms with Crippen molar-refractivity contribution in [2.45, 2.75) is 45.6 Å². The van der Waals surface area contributed by atoms with Crippen molar-refractivity contribution in [3.05, 3.63) is 35.4 Å². The quantitative estimate of drug-likeness (QED) is 0.687. The van der Waals surface area contributed by atoms with Crippen LogP contribution in [-0.4, -0.2) is 30.4 Å². The maximum atomic E-state index is 12.4. The molecule has 4 N–H and O–H groups in total. The van der Waals surface area contributed by atoms with Crippen molar-refractivity contribution in [2.75, 3.05) is 13.1 Å². The van der Waals surface area contributed by atoms with Crippen molar-refractivity contribution >= 4 is 11.8 Å². The van der Waals surface area contributed by atoms with Gasteiger partial charge in [0.2, 0.25) is 0 Å². The second-order valence-electron chi connectivity index (χ2n) is 5.48. The standard InChI is InChI=1S/C17H27N3O2/c1-4-10-19-15(21)13-8-7-9-14(11-13)16(22)20-17(5-2,6-3)12-18/h7-9,11H,4-6,10,12,18H2,1-3H3,(H,19,21)(H,20,22). The molecule has 0 saturated carbocycles. The number of amides is 2. The van der Waals surface area contributed by atoms with Gasteiger partial charge < -0.3 is 16.4 Å². The highest BCUT2D eigenvalue weighted by atomic mass is 16.2. The van der Waals surface area contributed by atoms with Crippen molar-refractivity contribution < 1.29 is 9.59 Å². The maximum absolute atomic E-state index is 12.4. The largest absolute Gasteiger partial charge is 0.352 e. The molecule has 0 saturated heterocycles. The molecule has 0 aliphatic rings. The predicted molar refractivity (Wildman–Crippen MR) is 88.9 cm³/mol. The molecule has 5 heteroatoms. The molecule has 122 valence electrons. The first-order chi connectivity index (χ1) is 10.5. The average Bonchev–Trinajstić information content (AvgIpc) is 2.57. The molecular weight excluding hydrogens is 278 g/mol. The van der Waals surface area contributed by atoms with E-state index >= 15 is 0 Å². The van der Waals surface area contributed by atoms with Gasteiger partial charge in [-0.15, -0.1) is 0 Å². The lowest BCUT2D eigenvalue weighted by atomic mass is 9.92. The van der Waals surface area contributed by atoms with E-state index in [1.54, 1.807) is 24.3 Å². The van der Waals surface area contributed by atoms with E-state index in [2.05, 4.69) is 10.6 Å². The lowest BCUT2D eigenvalue weighted by Gasteiger charge is -2.31. The Labute approximate surface area is 132 Å². The summed E-state index contributed by atoms with van der Waals surface area (Å²) in [6.45, 7) is 7.02. The van der Waals surface area contributed by atoms with E-state index in [0.717, 1.165) is 19.3 Å². The molecule has 1 rings (SSSR count). The van der Waals surface area contributed by atoms with Crippen LogP contribution < -0.4 is 16.4 Å². The van der Waals surface area contributed by atoms with Crippen LogP contribution in [0, 0.1) is 0 Å². The lowest BCUT2D eigenvalue weighted by molar-refractivity contribution is 0.0895. The van der Waals surface area contributed by atoms with Crippen LogP contribution >= 0.6 is 0 Å². The second-order valence-corrected chi connectivity index (χ2v) is 5.48. The Hall–Kier alpha value is -1.88. The Morgan fingerprint density at radius 1 is 1.09 bits per heavy atom. The van der Waals surface area contributed by atoms with Gasteiger partial charge in [-0.2, -0.15) is 0 Å². The zero-order chi connectivity index (χ0) is 16.6. The number of benzene rings is 1. The molecule has 2 amide bonds. The van der Waals surface area contributed by atoms with Crippen LogP contribution in [0.5, 0.6) is 0 Å². The third-order valence-electron chi connectivity index (χ3n) is 4.05. The summed E-state index contributed by atoms with van der Waals surface area (Å²) in [5, 5.41) is 5.82. The van der Waals surface area contributed by atoms with Gasteiger partial charge in [-0.3, -0.25) is 9.59 Å². The van der Waals surface area contributed by atoms with Gasteiger partial charge in [-0.1, -0.05) is 26.8 Å². The van der Waals surface area contributed by atoms with E-state index in [-0.39, 0.29) is 11.8 Å². The number of nitrogens with one attached hydrogen (secondary N) is 2. The SMILES string of the molecule is CCCNC(=O)c1cccc(C(=O)NC(CC)(CC)CN)c1. The smallest absolute Gasteiger partial charge is 0.251 e. The first-order valence-electron chi connectivity index (χ1n) is 7.92. The summed E-state index contributed by atoms with van der Waals surface area (Å²) in [7, 11) is 0. The van der Waals surface area contributed by atoms with Gasteiger partial charge >= 0.3 is 0 Å². The molecule has 0 unspecified atom stereocenters. The van der Waals surface area contributed by atoms with Crippen molar-refractivity contribution in [3.8, 4) is 0 Å². The average molecular weight is 305 g/mol. The molecule has 0 radical (unpaired) electrons. The highest BCUT2D eigenvalue weighted by Crippen LogP contribution is 2.15. The predicted octanol–water partition coefficient (Wildman–Crippen LogP) is 2.07. The summed E-state index contributed by atoms with van der Waals surface area (Å²) in [5.74, 6) is -0.355. The van der Waals surface area contributed by atoms with Crippen LogP contribution in [0.25, 0.3) is 0 Å². The monoisotopic (exact) mass is 305 g/mol. The van der Waals surface area contributed by atoms with E-state index in [9.17, 15) is 9.59 Å². The molecule has 0 fully saturated rings. The number of carbonyl (C=O) groups excluding carboxylic acids is 2. The van der Waals surface area contributed by atoms with Crippen LogP contribution in [0.1, 0.15) is 60.7 Å². The Bertz CT molecular complexity index is 502. The molecule has 0 bridgehead atoms. The zero-order valence-corrected chi connectivity index (χ0v) is 13.7. The third kappa shape index (κ3) is 4.56. The molecule has 1 aromatic carbocycles. The summed E-state index contributed by atoms with van der Waals surface area (Å²) >= 11 is 0. The molecule has 5 nitrogen and oxygen atoms in total. The Morgan fingerprint density at radius 2 is 1.68 bits per heavy atom. The minimum atomic E-state index is -0.391. The van der Waals surface area contributed by atoms with Gasteiger partial charge in [0.25, 0.3) is 11.8 Å². The van der Waals surface area contributed by atoms with E-state index in [1.165, 1.54) is 0 Å². The molecule has 0 aliphatic heterocycles. The molecular formula is C17H27N3O2. The summed E-state index contributed by atoms with van der Waals surface area (Å²) < 4.78 is 0. The molecule has 0 aliphatic carbocycles. The number of hydrogen-bond acceptors (Lipinski definition) is 3. The third-order valence-corrected chi connectivity index (χ3v) is 4.05. The molecule has 22 heavy (non-hydrogen) atoms. The fraction of sp³-hybridized carbons (Fsp3) is 0.529. The van der Waals surface area contributed by atoms with E-state index < -0.39 is 5.54 Å². The van der Waals surface area contributed by atoms with Crippen molar-refractivity contribution in [1.82, 2.24) is 10.6 Å². The second kappa shape index (κ2) is 8.54. The van der Waals surface area contributed by atoms with Crippen LogP contribution in [0.4, 0.5) is 0 Å². The highest BCUT2D eigenvalue weighted by molar-refractivity contribution is 5.99. The molecule has 0 aromatic heterocycles.